The van der Waals surface area contributed by atoms with Crippen LogP contribution in [0.3, 0.4) is 0 Å². The minimum atomic E-state index is -1.63. The predicted molar refractivity (Wildman–Crippen MR) is 85.6 cm³/mol. The highest BCUT2D eigenvalue weighted by Crippen LogP contribution is 2.25. The molecule has 1 unspecified atom stereocenters. The number of anilines is 2. The Morgan fingerprint density at radius 3 is 2.50 bits per heavy atom. The highest BCUT2D eigenvalue weighted by atomic mass is 19.2. The van der Waals surface area contributed by atoms with Crippen molar-refractivity contribution in [1.29, 1.82) is 0 Å². The van der Waals surface area contributed by atoms with Gasteiger partial charge in [-0.1, -0.05) is 12.1 Å². The molecule has 0 aliphatic heterocycles. The topological polar surface area (TPSA) is 50.4 Å². The van der Waals surface area contributed by atoms with Gasteiger partial charge < -0.3 is 15.4 Å². The van der Waals surface area contributed by atoms with Crippen molar-refractivity contribution in [2.75, 3.05) is 17.2 Å². The van der Waals surface area contributed by atoms with Crippen molar-refractivity contribution in [2.24, 2.45) is 0 Å². The zero-order chi connectivity index (χ0) is 17.7. The van der Waals surface area contributed by atoms with Gasteiger partial charge in [0.1, 0.15) is 11.8 Å². The summed E-state index contributed by atoms with van der Waals surface area (Å²) < 4.78 is 45.1. The van der Waals surface area contributed by atoms with E-state index in [-0.39, 0.29) is 0 Å². The third-order valence-electron chi connectivity index (χ3n) is 3.25. The first-order valence-electron chi connectivity index (χ1n) is 7.36. The normalized spacial score (nSPS) is 11.7. The van der Waals surface area contributed by atoms with Crippen molar-refractivity contribution in [1.82, 2.24) is 0 Å². The second-order valence-corrected chi connectivity index (χ2v) is 5.01. The number of ether oxygens (including phenoxy) is 1. The fourth-order valence-corrected chi connectivity index (χ4v) is 2.03. The summed E-state index contributed by atoms with van der Waals surface area (Å²) in [6, 6.07) is 7.97. The molecule has 2 N–H and O–H groups in total. The summed E-state index contributed by atoms with van der Waals surface area (Å²) in [5, 5.41) is 5.16. The number of hydrogen-bond acceptors (Lipinski definition) is 3. The Morgan fingerprint density at radius 2 is 1.79 bits per heavy atom. The summed E-state index contributed by atoms with van der Waals surface area (Å²) in [7, 11) is 0. The van der Waals surface area contributed by atoms with Crippen LogP contribution in [0.5, 0.6) is 5.75 Å². The maximum atomic E-state index is 13.6. The molecule has 0 bridgehead atoms. The number of amides is 1. The summed E-state index contributed by atoms with van der Waals surface area (Å²) in [5.41, 5.74) is 0.165. The standard InChI is InChI=1S/C17H17F3N2O2/c1-3-24-14-7-5-4-6-12(14)21-10(2)17(23)22-13-9-8-11(18)15(19)16(13)20/h4-10,21H,3H2,1-2H3,(H,22,23). The first-order valence-corrected chi connectivity index (χ1v) is 7.36. The van der Waals surface area contributed by atoms with E-state index in [0.29, 0.717) is 18.0 Å². The van der Waals surface area contributed by atoms with Gasteiger partial charge in [-0.2, -0.15) is 0 Å². The molecular weight excluding hydrogens is 321 g/mol. The van der Waals surface area contributed by atoms with Crippen LogP contribution in [-0.4, -0.2) is 18.6 Å². The minimum absolute atomic E-state index is 0.425. The summed E-state index contributed by atoms with van der Waals surface area (Å²) in [6.07, 6.45) is 0. The average molecular weight is 338 g/mol. The number of carbonyl (C=O) groups excluding carboxylic acids is 1. The molecule has 7 heteroatoms. The molecule has 0 saturated carbocycles. The van der Waals surface area contributed by atoms with Gasteiger partial charge in [0, 0.05) is 0 Å². The van der Waals surface area contributed by atoms with Crippen LogP contribution in [0.4, 0.5) is 24.5 Å². The van der Waals surface area contributed by atoms with Gasteiger partial charge in [0.15, 0.2) is 17.5 Å². The van der Waals surface area contributed by atoms with E-state index < -0.39 is 35.1 Å². The van der Waals surface area contributed by atoms with Crippen molar-refractivity contribution in [3.05, 3.63) is 53.8 Å². The van der Waals surface area contributed by atoms with Crippen molar-refractivity contribution in [3.63, 3.8) is 0 Å². The van der Waals surface area contributed by atoms with Crippen LogP contribution in [0.25, 0.3) is 0 Å². The van der Waals surface area contributed by atoms with Crippen LogP contribution in [-0.2, 0) is 4.79 Å². The first-order chi connectivity index (χ1) is 11.4. The molecule has 2 aromatic carbocycles. The van der Waals surface area contributed by atoms with Gasteiger partial charge >= 0.3 is 0 Å². The number of benzene rings is 2. The SMILES string of the molecule is CCOc1ccccc1NC(C)C(=O)Nc1ccc(F)c(F)c1F. The molecule has 0 aliphatic carbocycles. The maximum Gasteiger partial charge on any atom is 0.246 e. The first kappa shape index (κ1) is 17.7. The molecule has 0 aromatic heterocycles. The molecule has 0 aliphatic rings. The fourth-order valence-electron chi connectivity index (χ4n) is 2.03. The highest BCUT2D eigenvalue weighted by molar-refractivity contribution is 5.96. The van der Waals surface area contributed by atoms with Gasteiger partial charge in [-0.15, -0.1) is 0 Å². The summed E-state index contributed by atoms with van der Waals surface area (Å²) in [6.45, 7) is 3.84. The van der Waals surface area contributed by atoms with Crippen molar-refractivity contribution in [3.8, 4) is 5.75 Å². The van der Waals surface area contributed by atoms with Crippen LogP contribution in [0.2, 0.25) is 0 Å². The Bertz CT molecular complexity index is 738. The van der Waals surface area contributed by atoms with Crippen molar-refractivity contribution in [2.45, 2.75) is 19.9 Å². The van der Waals surface area contributed by atoms with Crippen LogP contribution in [0, 0.1) is 17.5 Å². The lowest BCUT2D eigenvalue weighted by Crippen LogP contribution is -2.32. The van der Waals surface area contributed by atoms with Crippen LogP contribution >= 0.6 is 0 Å². The van der Waals surface area contributed by atoms with Gasteiger partial charge in [0.05, 0.1) is 18.0 Å². The van der Waals surface area contributed by atoms with E-state index in [1.54, 1.807) is 31.2 Å². The van der Waals surface area contributed by atoms with Crippen LogP contribution in [0.1, 0.15) is 13.8 Å². The van der Waals surface area contributed by atoms with E-state index in [1.807, 2.05) is 6.92 Å². The zero-order valence-corrected chi connectivity index (χ0v) is 13.2. The molecule has 4 nitrogen and oxygen atoms in total. The molecule has 24 heavy (non-hydrogen) atoms. The third-order valence-corrected chi connectivity index (χ3v) is 3.25. The Hall–Kier alpha value is -2.70. The molecule has 0 radical (unpaired) electrons. The monoisotopic (exact) mass is 338 g/mol. The number of nitrogens with one attached hydrogen (secondary N) is 2. The molecule has 1 amide bonds. The Morgan fingerprint density at radius 1 is 1.08 bits per heavy atom. The van der Waals surface area contributed by atoms with Crippen molar-refractivity contribution < 1.29 is 22.7 Å². The van der Waals surface area contributed by atoms with Gasteiger partial charge in [-0.3, -0.25) is 4.79 Å². The Kier molecular flexibility index (Phi) is 5.68. The molecule has 2 aromatic rings. The van der Waals surface area contributed by atoms with E-state index in [4.69, 9.17) is 4.74 Å². The summed E-state index contributed by atoms with van der Waals surface area (Å²) in [5.74, 6) is -4.42. The smallest absolute Gasteiger partial charge is 0.246 e. The molecule has 0 saturated heterocycles. The van der Waals surface area contributed by atoms with E-state index in [0.717, 1.165) is 12.1 Å². The number of carbonyl (C=O) groups is 1. The molecular formula is C17H17F3N2O2. The zero-order valence-electron chi connectivity index (χ0n) is 13.2. The Balaban J connectivity index is 2.09. The summed E-state index contributed by atoms with van der Waals surface area (Å²) >= 11 is 0. The van der Waals surface area contributed by atoms with Crippen LogP contribution in [0.15, 0.2) is 36.4 Å². The predicted octanol–water partition coefficient (Wildman–Crippen LogP) is 3.94. The average Bonchev–Trinajstić information content (AvgIpc) is 2.57. The van der Waals surface area contributed by atoms with Gasteiger partial charge in [-0.05, 0) is 38.1 Å². The summed E-state index contributed by atoms with van der Waals surface area (Å²) in [4.78, 5) is 12.1. The van der Waals surface area contributed by atoms with Crippen molar-refractivity contribution >= 4 is 17.3 Å². The number of halogens is 3. The Labute approximate surface area is 137 Å². The van der Waals surface area contributed by atoms with E-state index in [1.165, 1.54) is 0 Å². The van der Waals surface area contributed by atoms with Gasteiger partial charge in [0.2, 0.25) is 5.91 Å². The molecule has 0 fully saturated rings. The fraction of sp³-hybridized carbons (Fsp3) is 0.235. The third kappa shape index (κ3) is 3.98. The second kappa shape index (κ2) is 7.72. The molecule has 128 valence electrons. The van der Waals surface area contributed by atoms with E-state index in [9.17, 15) is 18.0 Å². The minimum Gasteiger partial charge on any atom is -0.492 e. The maximum absolute atomic E-state index is 13.6. The largest absolute Gasteiger partial charge is 0.492 e. The van der Waals surface area contributed by atoms with E-state index >= 15 is 0 Å². The molecule has 2 rings (SSSR count). The lowest BCUT2D eigenvalue weighted by atomic mass is 10.2. The number of para-hydroxylation sites is 2. The molecule has 0 heterocycles. The van der Waals surface area contributed by atoms with Crippen LogP contribution < -0.4 is 15.4 Å². The second-order valence-electron chi connectivity index (χ2n) is 5.01. The molecule has 0 spiro atoms. The highest BCUT2D eigenvalue weighted by Gasteiger charge is 2.19. The van der Waals surface area contributed by atoms with E-state index in [2.05, 4.69) is 10.6 Å². The lowest BCUT2D eigenvalue weighted by molar-refractivity contribution is -0.116. The van der Waals surface area contributed by atoms with Gasteiger partial charge in [-0.25, -0.2) is 13.2 Å². The quantitative estimate of drug-likeness (QED) is 0.785. The molecule has 1 atom stereocenters. The number of rotatable bonds is 6. The van der Waals surface area contributed by atoms with Gasteiger partial charge in [0.25, 0.3) is 0 Å². The lowest BCUT2D eigenvalue weighted by Gasteiger charge is -2.18. The number of hydrogen-bond donors (Lipinski definition) is 2.